The summed E-state index contributed by atoms with van der Waals surface area (Å²) in [5.41, 5.74) is 0. The van der Waals surface area contributed by atoms with Crippen LogP contribution in [0, 0.1) is 0 Å². The maximum absolute atomic E-state index is 3.96. The summed E-state index contributed by atoms with van der Waals surface area (Å²) in [5.74, 6) is 0. The van der Waals surface area contributed by atoms with Crippen LogP contribution in [0.5, 0.6) is 0 Å². The van der Waals surface area contributed by atoms with Gasteiger partial charge in [0, 0.05) is 11.5 Å². The number of hydrogen-bond donors (Lipinski definition) is 0. The van der Waals surface area contributed by atoms with Crippen molar-refractivity contribution >= 4 is 18.2 Å². The van der Waals surface area contributed by atoms with E-state index in [4.69, 9.17) is 0 Å². The van der Waals surface area contributed by atoms with E-state index in [1.165, 1.54) is 0 Å². The highest BCUT2D eigenvalue weighted by atomic mass is 32.2. The maximum atomic E-state index is 3.96. The Morgan fingerprint density at radius 1 is 2.00 bits per heavy atom. The van der Waals surface area contributed by atoms with E-state index >= 15 is 0 Å². The molecule has 0 radical (unpaired) electrons. The molecule has 0 spiro atoms. The van der Waals surface area contributed by atoms with E-state index < -0.39 is 0 Å². The van der Waals surface area contributed by atoms with Crippen LogP contribution in [-0.4, -0.2) is 11.5 Å². The highest BCUT2D eigenvalue weighted by Gasteiger charge is 2.02. The normalized spacial score (nSPS) is 31.8. The Hall–Kier alpha value is 0.0200. The van der Waals surface area contributed by atoms with Crippen molar-refractivity contribution < 1.29 is 0 Å². The van der Waals surface area contributed by atoms with Crippen LogP contribution in [0.15, 0.2) is 4.40 Å². The highest BCUT2D eigenvalue weighted by molar-refractivity contribution is 7.99. The first kappa shape index (κ1) is 4.19. The van der Waals surface area contributed by atoms with E-state index in [2.05, 4.69) is 11.3 Å². The molecule has 0 amide bonds. The lowest BCUT2D eigenvalue weighted by Crippen LogP contribution is -1.85. The van der Waals surface area contributed by atoms with E-state index in [0.29, 0.717) is 0 Å². The van der Waals surface area contributed by atoms with Gasteiger partial charge in [-0.2, -0.15) is 0 Å². The molecule has 0 bridgehead atoms. The van der Waals surface area contributed by atoms with E-state index in [1.807, 2.05) is 6.21 Å². The summed E-state index contributed by atoms with van der Waals surface area (Å²) in [6, 6.07) is 0. The van der Waals surface area contributed by atoms with Gasteiger partial charge in [-0.25, -0.2) is 4.40 Å². The fourth-order valence-corrected chi connectivity index (χ4v) is 0.933. The molecule has 1 rings (SSSR count). The highest BCUT2D eigenvalue weighted by Crippen LogP contribution is 2.18. The molecule has 0 N–H and O–H groups in total. The van der Waals surface area contributed by atoms with Crippen molar-refractivity contribution in [3.8, 4) is 0 Å². The maximum Gasteiger partial charge on any atom is 0.0288 e. The van der Waals surface area contributed by atoms with E-state index in [0.717, 1.165) is 11.7 Å². The molecular weight excluding hydrogens is 94.1 g/mol. The Morgan fingerprint density at radius 2 is 2.83 bits per heavy atom. The Morgan fingerprint density at radius 3 is 3.00 bits per heavy atom. The van der Waals surface area contributed by atoms with Gasteiger partial charge < -0.3 is 0 Å². The SMILES string of the molecule is CC1CC=NS1. The van der Waals surface area contributed by atoms with Gasteiger partial charge in [0.15, 0.2) is 0 Å². The summed E-state index contributed by atoms with van der Waals surface area (Å²) in [6.45, 7) is 2.18. The van der Waals surface area contributed by atoms with Gasteiger partial charge >= 0.3 is 0 Å². The summed E-state index contributed by atoms with van der Waals surface area (Å²) in [5, 5.41) is 0.741. The number of hydrogen-bond acceptors (Lipinski definition) is 2. The van der Waals surface area contributed by atoms with Crippen molar-refractivity contribution in [2.45, 2.75) is 18.6 Å². The van der Waals surface area contributed by atoms with Gasteiger partial charge in [0.25, 0.3) is 0 Å². The third-order valence-electron chi connectivity index (χ3n) is 0.753. The minimum atomic E-state index is 0.741. The minimum absolute atomic E-state index is 0.741. The summed E-state index contributed by atoms with van der Waals surface area (Å²) in [4.78, 5) is 0. The van der Waals surface area contributed by atoms with Gasteiger partial charge in [0.05, 0.1) is 0 Å². The third kappa shape index (κ3) is 0.744. The largest absolute Gasteiger partial charge is 0.229 e. The molecule has 34 valence electrons. The van der Waals surface area contributed by atoms with Gasteiger partial charge in [-0.05, 0) is 18.4 Å². The molecule has 1 heterocycles. The molecule has 0 fully saturated rings. The predicted molar refractivity (Wildman–Crippen MR) is 30.2 cm³/mol. The van der Waals surface area contributed by atoms with Gasteiger partial charge in [0.1, 0.15) is 0 Å². The molecule has 0 aromatic heterocycles. The average Bonchev–Trinajstić information content (AvgIpc) is 1.86. The van der Waals surface area contributed by atoms with Crippen LogP contribution in [0.4, 0.5) is 0 Å². The monoisotopic (exact) mass is 101 g/mol. The lowest BCUT2D eigenvalue weighted by molar-refractivity contribution is 1.05. The molecule has 1 atom stereocenters. The van der Waals surface area contributed by atoms with Crippen molar-refractivity contribution in [1.29, 1.82) is 0 Å². The number of rotatable bonds is 0. The quantitative estimate of drug-likeness (QED) is 0.421. The van der Waals surface area contributed by atoms with Gasteiger partial charge in [-0.3, -0.25) is 0 Å². The smallest absolute Gasteiger partial charge is 0.0288 e. The standard InChI is InChI=1S/C4H7NS/c1-4-2-3-5-6-4/h3-4H,2H2,1H3. The van der Waals surface area contributed by atoms with Crippen LogP contribution in [0.1, 0.15) is 13.3 Å². The van der Waals surface area contributed by atoms with Crippen molar-refractivity contribution in [2.75, 3.05) is 0 Å². The fourth-order valence-electron chi connectivity index (χ4n) is 0.381. The summed E-state index contributed by atoms with van der Waals surface area (Å²) in [6.07, 6.45) is 3.12. The van der Waals surface area contributed by atoms with E-state index in [-0.39, 0.29) is 0 Å². The third-order valence-corrected chi connectivity index (χ3v) is 1.58. The zero-order valence-electron chi connectivity index (χ0n) is 3.72. The molecule has 0 saturated carbocycles. The molecule has 0 aromatic rings. The first-order valence-electron chi connectivity index (χ1n) is 2.07. The molecular formula is C4H7NS. The zero-order valence-corrected chi connectivity index (χ0v) is 4.53. The average molecular weight is 101 g/mol. The Labute approximate surface area is 42.0 Å². The first-order chi connectivity index (χ1) is 2.89. The van der Waals surface area contributed by atoms with Crippen LogP contribution >= 0.6 is 11.9 Å². The topological polar surface area (TPSA) is 12.4 Å². The van der Waals surface area contributed by atoms with Crippen molar-refractivity contribution in [2.24, 2.45) is 4.40 Å². The second-order valence-corrected chi connectivity index (χ2v) is 2.67. The molecule has 0 saturated heterocycles. The van der Waals surface area contributed by atoms with E-state index in [1.54, 1.807) is 11.9 Å². The Bertz CT molecular complexity index is 61.9. The summed E-state index contributed by atoms with van der Waals surface area (Å²) in [7, 11) is 0. The molecule has 1 nitrogen and oxygen atoms in total. The van der Waals surface area contributed by atoms with Gasteiger partial charge in [0.2, 0.25) is 0 Å². The van der Waals surface area contributed by atoms with E-state index in [9.17, 15) is 0 Å². The van der Waals surface area contributed by atoms with Crippen LogP contribution in [0.3, 0.4) is 0 Å². The summed E-state index contributed by atoms with van der Waals surface area (Å²) < 4.78 is 3.96. The molecule has 0 aliphatic carbocycles. The molecule has 1 unspecified atom stereocenters. The molecule has 0 aromatic carbocycles. The van der Waals surface area contributed by atoms with Crippen LogP contribution in [-0.2, 0) is 0 Å². The molecule has 2 heteroatoms. The van der Waals surface area contributed by atoms with Gasteiger partial charge in [-0.1, -0.05) is 6.92 Å². The van der Waals surface area contributed by atoms with Crippen LogP contribution < -0.4 is 0 Å². The summed E-state index contributed by atoms with van der Waals surface area (Å²) >= 11 is 1.67. The Kier molecular flexibility index (Phi) is 1.15. The number of nitrogens with zero attached hydrogens (tertiary/aromatic N) is 1. The van der Waals surface area contributed by atoms with Crippen LogP contribution in [0.2, 0.25) is 0 Å². The Balaban J connectivity index is 2.32. The van der Waals surface area contributed by atoms with Crippen molar-refractivity contribution in [1.82, 2.24) is 0 Å². The van der Waals surface area contributed by atoms with Gasteiger partial charge in [-0.15, -0.1) is 0 Å². The zero-order chi connectivity index (χ0) is 4.41. The first-order valence-corrected chi connectivity index (χ1v) is 2.91. The lowest BCUT2D eigenvalue weighted by atomic mass is 10.4. The predicted octanol–water partition coefficient (Wildman–Crippen LogP) is 1.50. The molecule has 1 aliphatic heterocycles. The molecule has 1 aliphatic rings. The van der Waals surface area contributed by atoms with Crippen molar-refractivity contribution in [3.63, 3.8) is 0 Å². The second kappa shape index (κ2) is 1.65. The second-order valence-electron chi connectivity index (χ2n) is 1.44. The fraction of sp³-hybridized carbons (Fsp3) is 0.750. The lowest BCUT2D eigenvalue weighted by Gasteiger charge is -1.88. The minimum Gasteiger partial charge on any atom is -0.229 e. The molecule has 6 heavy (non-hydrogen) atoms. The van der Waals surface area contributed by atoms with Crippen LogP contribution in [0.25, 0.3) is 0 Å². The van der Waals surface area contributed by atoms with Crippen molar-refractivity contribution in [3.05, 3.63) is 0 Å².